The minimum atomic E-state index is -1.48. The van der Waals surface area contributed by atoms with E-state index in [2.05, 4.69) is 5.32 Å². The molecule has 1 atom stereocenters. The van der Waals surface area contributed by atoms with E-state index < -0.39 is 41.4 Å². The van der Waals surface area contributed by atoms with Gasteiger partial charge < -0.3 is 20.3 Å². The standard InChI is InChI=1S/C14H15NO7S/c16-11(17)8-23-12(18)6-10(13(19)20)15-14(21)22-7-9-4-2-1-3-5-9/h1-5,10H,6-8H2,(H,15,21)(H,16,17)(H,19,20). The fraction of sp³-hybridized carbons (Fsp3) is 0.286. The molecule has 1 rings (SSSR count). The molecule has 8 nitrogen and oxygen atoms in total. The van der Waals surface area contributed by atoms with Crippen molar-refractivity contribution in [2.24, 2.45) is 0 Å². The lowest BCUT2D eigenvalue weighted by molar-refractivity contribution is -0.140. The normalized spacial score (nSPS) is 11.3. The van der Waals surface area contributed by atoms with E-state index in [4.69, 9.17) is 14.9 Å². The number of amides is 1. The van der Waals surface area contributed by atoms with Gasteiger partial charge in [-0.15, -0.1) is 0 Å². The largest absolute Gasteiger partial charge is 0.481 e. The maximum absolute atomic E-state index is 11.6. The molecule has 9 heteroatoms. The van der Waals surface area contributed by atoms with Gasteiger partial charge in [0.2, 0.25) is 0 Å². The lowest BCUT2D eigenvalue weighted by Crippen LogP contribution is -2.42. The number of aliphatic carboxylic acids is 2. The Hall–Kier alpha value is -2.55. The van der Waals surface area contributed by atoms with E-state index in [9.17, 15) is 19.2 Å². The third kappa shape index (κ3) is 7.86. The fourth-order valence-electron chi connectivity index (χ4n) is 1.47. The summed E-state index contributed by atoms with van der Waals surface area (Å²) in [5, 5.41) is 18.8. The molecular formula is C14H15NO7S. The van der Waals surface area contributed by atoms with Crippen LogP contribution in [0.15, 0.2) is 30.3 Å². The van der Waals surface area contributed by atoms with E-state index in [0.717, 1.165) is 5.56 Å². The minimum absolute atomic E-state index is 0.0409. The van der Waals surface area contributed by atoms with Crippen LogP contribution in [0.25, 0.3) is 0 Å². The van der Waals surface area contributed by atoms with E-state index in [1.54, 1.807) is 30.3 Å². The summed E-state index contributed by atoms with van der Waals surface area (Å²) in [7, 11) is 0. The number of ether oxygens (including phenoxy) is 1. The molecule has 1 aromatic rings. The first-order valence-corrected chi connectivity index (χ1v) is 7.44. The maximum atomic E-state index is 11.6. The SMILES string of the molecule is O=C(O)CSC(=O)CC(NC(=O)OCc1ccccc1)C(=O)O. The molecule has 1 amide bonds. The van der Waals surface area contributed by atoms with Gasteiger partial charge in [-0.25, -0.2) is 9.59 Å². The number of benzene rings is 1. The zero-order valence-corrected chi connectivity index (χ0v) is 12.7. The van der Waals surface area contributed by atoms with Crippen LogP contribution in [0, 0.1) is 0 Å². The monoisotopic (exact) mass is 341 g/mol. The molecule has 0 aromatic heterocycles. The number of rotatable bonds is 8. The molecular weight excluding hydrogens is 326 g/mol. The second-order valence-corrected chi connectivity index (χ2v) is 5.39. The van der Waals surface area contributed by atoms with Crippen molar-refractivity contribution in [2.75, 3.05) is 5.75 Å². The van der Waals surface area contributed by atoms with Crippen molar-refractivity contribution in [3.8, 4) is 0 Å². The van der Waals surface area contributed by atoms with Crippen molar-refractivity contribution in [3.63, 3.8) is 0 Å². The molecule has 0 spiro atoms. The third-order valence-electron chi connectivity index (χ3n) is 2.53. The smallest absolute Gasteiger partial charge is 0.408 e. The van der Waals surface area contributed by atoms with Gasteiger partial charge in [0.25, 0.3) is 0 Å². The molecule has 1 aromatic carbocycles. The molecule has 3 N–H and O–H groups in total. The first-order chi connectivity index (χ1) is 10.9. The predicted octanol–water partition coefficient (Wildman–Crippen LogP) is 1.10. The molecule has 1 unspecified atom stereocenters. The lowest BCUT2D eigenvalue weighted by Gasteiger charge is -2.13. The Kier molecular flexibility index (Phi) is 7.61. The zero-order chi connectivity index (χ0) is 17.2. The quantitative estimate of drug-likeness (QED) is 0.641. The van der Waals surface area contributed by atoms with Crippen molar-refractivity contribution in [2.45, 2.75) is 19.1 Å². The molecule has 0 saturated heterocycles. The topological polar surface area (TPSA) is 130 Å². The summed E-state index contributed by atoms with van der Waals surface area (Å²) < 4.78 is 4.86. The van der Waals surface area contributed by atoms with Crippen molar-refractivity contribution < 1.29 is 34.1 Å². The summed E-state index contributed by atoms with van der Waals surface area (Å²) in [4.78, 5) is 44.4. The number of carboxylic acid groups (broad SMARTS) is 2. The highest BCUT2D eigenvalue weighted by atomic mass is 32.2. The van der Waals surface area contributed by atoms with Gasteiger partial charge in [-0.05, 0) is 5.56 Å². The summed E-state index contributed by atoms with van der Waals surface area (Å²) in [6.07, 6.45) is -1.51. The van der Waals surface area contributed by atoms with Gasteiger partial charge in [0, 0.05) is 6.42 Å². The molecule has 0 saturated carbocycles. The van der Waals surface area contributed by atoms with Gasteiger partial charge in [0.1, 0.15) is 12.6 Å². The highest BCUT2D eigenvalue weighted by Crippen LogP contribution is 2.08. The molecule has 0 aliphatic rings. The number of thioether (sulfide) groups is 1. The molecule has 23 heavy (non-hydrogen) atoms. The number of alkyl carbamates (subject to hydrolysis) is 1. The summed E-state index contributed by atoms with van der Waals surface area (Å²) in [6, 6.07) is 7.29. The minimum Gasteiger partial charge on any atom is -0.481 e. The number of carboxylic acids is 2. The van der Waals surface area contributed by atoms with Crippen LogP contribution in [-0.2, 0) is 25.7 Å². The molecule has 124 valence electrons. The summed E-state index contributed by atoms with van der Waals surface area (Å²) >= 11 is 0.474. The number of nitrogens with one attached hydrogen (secondary N) is 1. The average Bonchev–Trinajstić information content (AvgIpc) is 2.51. The van der Waals surface area contributed by atoms with Crippen LogP contribution in [0.5, 0.6) is 0 Å². The zero-order valence-electron chi connectivity index (χ0n) is 11.9. The highest BCUT2D eigenvalue weighted by molar-refractivity contribution is 8.14. The van der Waals surface area contributed by atoms with Crippen LogP contribution in [0.4, 0.5) is 4.79 Å². The van der Waals surface area contributed by atoms with Crippen molar-refractivity contribution in [1.82, 2.24) is 5.32 Å². The lowest BCUT2D eigenvalue weighted by atomic mass is 10.2. The Balaban J connectivity index is 2.45. The van der Waals surface area contributed by atoms with Crippen LogP contribution >= 0.6 is 11.8 Å². The predicted molar refractivity (Wildman–Crippen MR) is 80.9 cm³/mol. The average molecular weight is 341 g/mol. The number of hydrogen-bond acceptors (Lipinski definition) is 6. The van der Waals surface area contributed by atoms with Gasteiger partial charge >= 0.3 is 18.0 Å². The van der Waals surface area contributed by atoms with Crippen molar-refractivity contribution in [3.05, 3.63) is 35.9 Å². The second-order valence-electron chi connectivity index (χ2n) is 4.36. The first kappa shape index (κ1) is 18.5. The summed E-state index contributed by atoms with van der Waals surface area (Å²) in [5.74, 6) is -3.07. The molecule has 0 heterocycles. The molecule has 0 aliphatic heterocycles. The van der Waals surface area contributed by atoms with Gasteiger partial charge in [-0.2, -0.15) is 0 Å². The van der Waals surface area contributed by atoms with Gasteiger partial charge in [0.15, 0.2) is 5.12 Å². The Bertz CT molecular complexity index is 576. The Morgan fingerprint density at radius 2 is 1.78 bits per heavy atom. The Labute approximate surface area is 135 Å². The summed E-state index contributed by atoms with van der Waals surface area (Å²) in [6.45, 7) is -0.0409. The van der Waals surface area contributed by atoms with Crippen LogP contribution in [0.1, 0.15) is 12.0 Å². The first-order valence-electron chi connectivity index (χ1n) is 6.46. The molecule has 0 fully saturated rings. The second kappa shape index (κ2) is 9.46. The Morgan fingerprint density at radius 1 is 1.13 bits per heavy atom. The molecule has 0 aliphatic carbocycles. The van der Waals surface area contributed by atoms with Gasteiger partial charge in [-0.3, -0.25) is 9.59 Å². The van der Waals surface area contributed by atoms with Crippen LogP contribution in [0.3, 0.4) is 0 Å². The van der Waals surface area contributed by atoms with E-state index in [1.165, 1.54) is 0 Å². The maximum Gasteiger partial charge on any atom is 0.408 e. The van der Waals surface area contributed by atoms with Gasteiger partial charge in [0.05, 0.1) is 5.75 Å². The number of carbonyl (C=O) groups excluding carboxylic acids is 2. The number of carbonyl (C=O) groups is 4. The van der Waals surface area contributed by atoms with E-state index in [1.807, 2.05) is 0 Å². The molecule has 0 bridgehead atoms. The summed E-state index contributed by atoms with van der Waals surface area (Å²) in [5.41, 5.74) is 0.725. The van der Waals surface area contributed by atoms with E-state index in [0.29, 0.717) is 11.8 Å². The highest BCUT2D eigenvalue weighted by Gasteiger charge is 2.24. The third-order valence-corrected chi connectivity index (χ3v) is 3.41. The van der Waals surface area contributed by atoms with Gasteiger partial charge in [-0.1, -0.05) is 42.1 Å². The van der Waals surface area contributed by atoms with Crippen LogP contribution < -0.4 is 5.32 Å². The van der Waals surface area contributed by atoms with E-state index >= 15 is 0 Å². The number of hydrogen-bond donors (Lipinski definition) is 3. The molecule has 0 radical (unpaired) electrons. The van der Waals surface area contributed by atoms with Crippen molar-refractivity contribution in [1.29, 1.82) is 0 Å². The van der Waals surface area contributed by atoms with Crippen molar-refractivity contribution >= 4 is 34.9 Å². The van der Waals surface area contributed by atoms with E-state index in [-0.39, 0.29) is 6.61 Å². The van der Waals surface area contributed by atoms with Crippen LogP contribution in [0.2, 0.25) is 0 Å². The van der Waals surface area contributed by atoms with Crippen LogP contribution in [-0.4, -0.2) is 45.2 Å². The Morgan fingerprint density at radius 3 is 2.35 bits per heavy atom. The fourth-order valence-corrected chi connectivity index (χ4v) is 2.04.